The first kappa shape index (κ1) is 20.6. The first-order valence-electron chi connectivity index (χ1n) is 8.64. The van der Waals surface area contributed by atoms with Crippen molar-refractivity contribution >= 4 is 22.9 Å². The van der Waals surface area contributed by atoms with Crippen LogP contribution in [-0.2, 0) is 35.7 Å². The van der Waals surface area contributed by atoms with E-state index in [4.69, 9.17) is 14.0 Å². The topological polar surface area (TPSA) is 106 Å². The van der Waals surface area contributed by atoms with Gasteiger partial charge in [-0.1, -0.05) is 13.2 Å². The molecule has 29 heavy (non-hydrogen) atoms. The van der Waals surface area contributed by atoms with Gasteiger partial charge in [0.15, 0.2) is 0 Å². The van der Waals surface area contributed by atoms with Gasteiger partial charge in [0.05, 0.1) is 44.3 Å². The first-order valence-corrected chi connectivity index (χ1v) is 9.75. The number of fused-ring (bicyclic) bond motifs is 1. The first-order chi connectivity index (χ1) is 13.9. The van der Waals surface area contributed by atoms with E-state index in [9.17, 15) is 9.00 Å². The van der Waals surface area contributed by atoms with Gasteiger partial charge in [-0.15, -0.1) is 0 Å². The van der Waals surface area contributed by atoms with Crippen molar-refractivity contribution in [3.05, 3.63) is 59.9 Å². The van der Waals surface area contributed by atoms with Crippen molar-refractivity contribution < 1.29 is 23.0 Å². The maximum atomic E-state index is 11.7. The highest BCUT2D eigenvalue weighted by molar-refractivity contribution is 7.77. The van der Waals surface area contributed by atoms with Gasteiger partial charge in [-0.25, -0.2) is 4.21 Å². The molecule has 0 spiro atoms. The standard InChI is InChI=1S/C19H22N4O5S/c1-5-18(24)22-9-14-10-23(20-15(14)11-22)8-13-6-16(27-3)19(17(7-13)28-4)12(2)21-29(25)26/h5-7,10,21H,1-2,8-9,11H2,3-4H3,(H,25,26). The van der Waals surface area contributed by atoms with E-state index in [1.807, 2.05) is 6.20 Å². The maximum absolute atomic E-state index is 11.7. The van der Waals surface area contributed by atoms with Crippen molar-refractivity contribution in [1.29, 1.82) is 0 Å². The number of ether oxygens (including phenoxy) is 2. The van der Waals surface area contributed by atoms with E-state index in [-0.39, 0.29) is 11.6 Å². The molecule has 154 valence electrons. The molecule has 9 nitrogen and oxygen atoms in total. The van der Waals surface area contributed by atoms with Gasteiger partial charge in [0.2, 0.25) is 5.91 Å². The Balaban J connectivity index is 1.84. The molecule has 0 saturated heterocycles. The second-order valence-corrected chi connectivity index (χ2v) is 7.10. The molecule has 1 aromatic carbocycles. The summed E-state index contributed by atoms with van der Waals surface area (Å²) < 4.78 is 35.1. The highest BCUT2D eigenvalue weighted by Crippen LogP contribution is 2.35. The number of rotatable bonds is 8. The van der Waals surface area contributed by atoms with Gasteiger partial charge < -0.3 is 14.4 Å². The molecule has 0 saturated carbocycles. The number of nitrogens with one attached hydrogen (secondary N) is 1. The second-order valence-electron chi connectivity index (χ2n) is 6.40. The Morgan fingerprint density at radius 1 is 1.34 bits per heavy atom. The van der Waals surface area contributed by atoms with Crippen molar-refractivity contribution in [2.45, 2.75) is 19.6 Å². The van der Waals surface area contributed by atoms with Gasteiger partial charge >= 0.3 is 0 Å². The smallest absolute Gasteiger partial charge is 0.259 e. The van der Waals surface area contributed by atoms with Crippen LogP contribution in [-0.4, -0.2) is 43.6 Å². The number of amides is 1. The molecule has 0 fully saturated rings. The lowest BCUT2D eigenvalue weighted by molar-refractivity contribution is -0.126. The maximum Gasteiger partial charge on any atom is 0.259 e. The van der Waals surface area contributed by atoms with Crippen LogP contribution in [0.3, 0.4) is 0 Å². The molecule has 2 aromatic rings. The number of benzene rings is 1. The summed E-state index contributed by atoms with van der Waals surface area (Å²) in [6.07, 6.45) is 3.21. The van der Waals surface area contributed by atoms with Crippen LogP contribution in [0.1, 0.15) is 22.4 Å². The summed E-state index contributed by atoms with van der Waals surface area (Å²) in [5.74, 6) is 0.784. The lowest BCUT2D eigenvalue weighted by Crippen LogP contribution is -2.23. The lowest BCUT2D eigenvalue weighted by atomic mass is 10.1. The minimum atomic E-state index is -2.26. The van der Waals surface area contributed by atoms with Crippen molar-refractivity contribution in [2.24, 2.45) is 0 Å². The molecule has 0 radical (unpaired) electrons. The Bertz CT molecular complexity index is 952. The van der Waals surface area contributed by atoms with Crippen LogP contribution in [0.2, 0.25) is 0 Å². The molecule has 1 atom stereocenters. The Morgan fingerprint density at radius 2 is 2.00 bits per heavy atom. The monoisotopic (exact) mass is 418 g/mol. The van der Waals surface area contributed by atoms with Crippen molar-refractivity contribution in [2.75, 3.05) is 14.2 Å². The van der Waals surface area contributed by atoms with Crippen molar-refractivity contribution in [3.63, 3.8) is 0 Å². The van der Waals surface area contributed by atoms with Crippen LogP contribution in [0, 0.1) is 0 Å². The normalized spacial score (nSPS) is 13.6. The van der Waals surface area contributed by atoms with E-state index in [1.54, 1.807) is 21.7 Å². The molecule has 2 heterocycles. The Morgan fingerprint density at radius 3 is 2.52 bits per heavy atom. The summed E-state index contributed by atoms with van der Waals surface area (Å²) in [4.78, 5) is 13.4. The third kappa shape index (κ3) is 4.33. The zero-order valence-corrected chi connectivity index (χ0v) is 17.0. The van der Waals surface area contributed by atoms with Gasteiger partial charge in [0.1, 0.15) is 11.5 Å². The largest absolute Gasteiger partial charge is 0.496 e. The van der Waals surface area contributed by atoms with E-state index in [0.29, 0.717) is 36.7 Å². The van der Waals surface area contributed by atoms with Crippen LogP contribution >= 0.6 is 0 Å². The lowest BCUT2D eigenvalue weighted by Gasteiger charge is -2.17. The number of methoxy groups -OCH3 is 2. The average molecular weight is 418 g/mol. The molecule has 0 bridgehead atoms. The highest BCUT2D eigenvalue weighted by atomic mass is 32.2. The molecule has 1 unspecified atom stereocenters. The summed E-state index contributed by atoms with van der Waals surface area (Å²) in [5.41, 5.74) is 3.39. The van der Waals surface area contributed by atoms with Gasteiger partial charge in [-0.2, -0.15) is 5.10 Å². The molecular weight excluding hydrogens is 396 g/mol. The van der Waals surface area contributed by atoms with E-state index in [1.165, 1.54) is 20.3 Å². The summed E-state index contributed by atoms with van der Waals surface area (Å²) in [6.45, 7) is 8.72. The van der Waals surface area contributed by atoms with Gasteiger partial charge in [-0.3, -0.25) is 18.8 Å². The fraction of sp³-hybridized carbons (Fsp3) is 0.263. The molecule has 10 heteroatoms. The van der Waals surface area contributed by atoms with E-state index in [0.717, 1.165) is 16.8 Å². The van der Waals surface area contributed by atoms with Crippen molar-refractivity contribution in [1.82, 2.24) is 19.4 Å². The molecule has 1 aliphatic rings. The summed E-state index contributed by atoms with van der Waals surface area (Å²) in [6, 6.07) is 3.59. The zero-order valence-electron chi connectivity index (χ0n) is 16.2. The minimum absolute atomic E-state index is 0.114. The summed E-state index contributed by atoms with van der Waals surface area (Å²) in [5, 5.41) is 4.56. The summed E-state index contributed by atoms with van der Waals surface area (Å²) >= 11 is -2.26. The fourth-order valence-corrected chi connectivity index (χ4v) is 3.59. The van der Waals surface area contributed by atoms with Crippen molar-refractivity contribution in [3.8, 4) is 11.5 Å². The third-order valence-corrected chi connectivity index (χ3v) is 4.96. The number of hydrogen-bond acceptors (Lipinski definition) is 5. The summed E-state index contributed by atoms with van der Waals surface area (Å²) in [7, 11) is 3.00. The second kappa shape index (κ2) is 8.50. The number of nitrogens with zero attached hydrogens (tertiary/aromatic N) is 3. The van der Waals surface area contributed by atoms with Crippen LogP contribution in [0.4, 0.5) is 0 Å². The Hall–Kier alpha value is -3.11. The number of carbonyl (C=O) groups excluding carboxylic acids is 1. The van der Waals surface area contributed by atoms with Gasteiger partial charge in [0.25, 0.3) is 11.3 Å². The Labute approximate surface area is 171 Å². The number of carbonyl (C=O) groups is 1. The van der Waals surface area contributed by atoms with Crippen LogP contribution < -0.4 is 14.2 Å². The molecule has 0 aliphatic carbocycles. The number of aromatic nitrogens is 2. The average Bonchev–Trinajstić information content (AvgIpc) is 3.24. The van der Waals surface area contributed by atoms with Crippen LogP contribution in [0.15, 0.2) is 37.6 Å². The minimum Gasteiger partial charge on any atom is -0.496 e. The van der Waals surface area contributed by atoms with E-state index < -0.39 is 11.3 Å². The molecule has 1 amide bonds. The third-order valence-electron chi connectivity index (χ3n) is 4.54. The van der Waals surface area contributed by atoms with Crippen LogP contribution in [0.25, 0.3) is 5.70 Å². The highest BCUT2D eigenvalue weighted by Gasteiger charge is 2.25. The zero-order chi connectivity index (χ0) is 21.1. The molecular formula is C19H22N4O5S. The molecule has 2 N–H and O–H groups in total. The van der Waals surface area contributed by atoms with Crippen LogP contribution in [0.5, 0.6) is 11.5 Å². The number of hydrogen-bond donors (Lipinski definition) is 2. The fourth-order valence-electron chi connectivity index (χ4n) is 3.27. The predicted octanol–water partition coefficient (Wildman–Crippen LogP) is 1.67. The van der Waals surface area contributed by atoms with Gasteiger partial charge in [-0.05, 0) is 23.8 Å². The predicted molar refractivity (Wildman–Crippen MR) is 108 cm³/mol. The van der Waals surface area contributed by atoms with E-state index >= 15 is 0 Å². The molecule has 1 aromatic heterocycles. The molecule has 1 aliphatic heterocycles. The molecule has 3 rings (SSSR count). The Kier molecular flexibility index (Phi) is 6.04. The van der Waals surface area contributed by atoms with E-state index in [2.05, 4.69) is 23.0 Å². The quantitative estimate of drug-likeness (QED) is 0.499. The van der Waals surface area contributed by atoms with Gasteiger partial charge in [0, 0.05) is 18.3 Å². The SMILES string of the molecule is C=CC(=O)N1Cc2cn(Cc3cc(OC)c(C(=C)NS(=O)O)c(OC)c3)nc2C1.